The van der Waals surface area contributed by atoms with E-state index in [0.29, 0.717) is 12.4 Å². The average Bonchev–Trinajstić information content (AvgIpc) is 2.41. The second-order valence-corrected chi connectivity index (χ2v) is 5.06. The monoisotopic (exact) mass is 256 g/mol. The SMILES string of the molecule is Cc1c(C)c2c(c(C)c1O)OCc1cc(O)ccc1-2. The summed E-state index contributed by atoms with van der Waals surface area (Å²) in [7, 11) is 0. The number of phenolic OH excluding ortho intramolecular Hbond substituents is 2. The third kappa shape index (κ3) is 1.58. The molecule has 0 saturated carbocycles. The first-order chi connectivity index (χ1) is 9.00. The molecule has 2 aromatic rings. The quantitative estimate of drug-likeness (QED) is 0.757. The van der Waals surface area contributed by atoms with Crippen molar-refractivity contribution in [2.24, 2.45) is 0 Å². The van der Waals surface area contributed by atoms with Gasteiger partial charge in [-0.2, -0.15) is 0 Å². The molecular weight excluding hydrogens is 240 g/mol. The van der Waals surface area contributed by atoms with Crippen LogP contribution in [0.2, 0.25) is 0 Å². The standard InChI is InChI=1S/C16H16O3/c1-8-9(2)15(18)10(3)16-14(8)13-5-4-12(17)6-11(13)7-19-16/h4-6,17-18H,7H2,1-3H3. The highest BCUT2D eigenvalue weighted by atomic mass is 16.5. The van der Waals surface area contributed by atoms with Crippen molar-refractivity contribution in [2.75, 3.05) is 0 Å². The van der Waals surface area contributed by atoms with Crippen LogP contribution < -0.4 is 4.74 Å². The lowest BCUT2D eigenvalue weighted by Crippen LogP contribution is -2.09. The van der Waals surface area contributed by atoms with Crippen LogP contribution in [0.25, 0.3) is 11.1 Å². The van der Waals surface area contributed by atoms with Gasteiger partial charge in [-0.3, -0.25) is 0 Å². The molecular formula is C16H16O3. The summed E-state index contributed by atoms with van der Waals surface area (Å²) >= 11 is 0. The minimum Gasteiger partial charge on any atom is -0.508 e. The molecule has 3 rings (SSSR count). The van der Waals surface area contributed by atoms with Crippen LogP contribution in [0.5, 0.6) is 17.2 Å². The Morgan fingerprint density at radius 3 is 2.47 bits per heavy atom. The molecule has 2 aromatic carbocycles. The number of hydrogen-bond acceptors (Lipinski definition) is 3. The predicted octanol–water partition coefficient (Wildman–Crippen LogP) is 3.58. The molecule has 0 amide bonds. The van der Waals surface area contributed by atoms with Crippen LogP contribution in [-0.2, 0) is 6.61 Å². The average molecular weight is 256 g/mol. The molecule has 0 bridgehead atoms. The molecule has 0 unspecified atom stereocenters. The van der Waals surface area contributed by atoms with Gasteiger partial charge in [0.15, 0.2) is 0 Å². The molecule has 2 N–H and O–H groups in total. The van der Waals surface area contributed by atoms with Gasteiger partial charge in [-0.25, -0.2) is 0 Å². The van der Waals surface area contributed by atoms with Gasteiger partial charge < -0.3 is 14.9 Å². The fraction of sp³-hybridized carbons (Fsp3) is 0.250. The summed E-state index contributed by atoms with van der Waals surface area (Å²) in [4.78, 5) is 0. The number of aromatic hydroxyl groups is 2. The highest BCUT2D eigenvalue weighted by molar-refractivity contribution is 5.82. The molecule has 1 heterocycles. The maximum atomic E-state index is 10.1. The number of benzene rings is 2. The number of ether oxygens (including phenoxy) is 1. The Balaban J connectivity index is 2.38. The van der Waals surface area contributed by atoms with Gasteiger partial charge in [0.2, 0.25) is 0 Å². The van der Waals surface area contributed by atoms with Gasteiger partial charge >= 0.3 is 0 Å². The minimum atomic E-state index is 0.246. The van der Waals surface area contributed by atoms with Crippen molar-refractivity contribution in [1.29, 1.82) is 0 Å². The lowest BCUT2D eigenvalue weighted by atomic mass is 9.88. The third-order valence-corrected chi connectivity index (χ3v) is 3.95. The fourth-order valence-electron chi connectivity index (χ4n) is 2.71. The van der Waals surface area contributed by atoms with E-state index in [2.05, 4.69) is 0 Å². The first-order valence-corrected chi connectivity index (χ1v) is 6.28. The van der Waals surface area contributed by atoms with Gasteiger partial charge in [0, 0.05) is 16.7 Å². The van der Waals surface area contributed by atoms with Crippen LogP contribution in [0.3, 0.4) is 0 Å². The molecule has 0 atom stereocenters. The molecule has 3 nitrogen and oxygen atoms in total. The summed E-state index contributed by atoms with van der Waals surface area (Å²) in [6.45, 7) is 6.18. The van der Waals surface area contributed by atoms with Crippen LogP contribution in [-0.4, -0.2) is 10.2 Å². The van der Waals surface area contributed by atoms with E-state index < -0.39 is 0 Å². The summed E-state index contributed by atoms with van der Waals surface area (Å²) in [6.07, 6.45) is 0. The maximum Gasteiger partial charge on any atom is 0.134 e. The van der Waals surface area contributed by atoms with Crippen LogP contribution in [0, 0.1) is 20.8 Å². The van der Waals surface area contributed by atoms with Crippen molar-refractivity contribution in [3.05, 3.63) is 40.5 Å². The Morgan fingerprint density at radius 1 is 1.00 bits per heavy atom. The molecule has 3 heteroatoms. The van der Waals surface area contributed by atoms with Gasteiger partial charge in [-0.05, 0) is 49.6 Å². The van der Waals surface area contributed by atoms with E-state index in [9.17, 15) is 10.2 Å². The highest BCUT2D eigenvalue weighted by Crippen LogP contribution is 2.47. The Kier molecular flexibility index (Phi) is 2.45. The molecule has 0 aliphatic carbocycles. The number of fused-ring (bicyclic) bond motifs is 3. The number of hydrogen-bond donors (Lipinski definition) is 2. The molecule has 1 aliphatic rings. The fourth-order valence-corrected chi connectivity index (χ4v) is 2.71. The first-order valence-electron chi connectivity index (χ1n) is 6.28. The van der Waals surface area contributed by atoms with E-state index in [1.54, 1.807) is 12.1 Å². The molecule has 0 saturated heterocycles. The third-order valence-electron chi connectivity index (χ3n) is 3.95. The van der Waals surface area contributed by atoms with Crippen molar-refractivity contribution in [3.63, 3.8) is 0 Å². The summed E-state index contributed by atoms with van der Waals surface area (Å²) in [5, 5.41) is 19.7. The second kappa shape index (κ2) is 3.92. The second-order valence-electron chi connectivity index (χ2n) is 5.06. The highest BCUT2D eigenvalue weighted by Gasteiger charge is 2.25. The van der Waals surface area contributed by atoms with Gasteiger partial charge in [-0.15, -0.1) is 0 Å². The van der Waals surface area contributed by atoms with Crippen molar-refractivity contribution in [1.82, 2.24) is 0 Å². The van der Waals surface area contributed by atoms with Crippen LogP contribution in [0.1, 0.15) is 22.3 Å². The maximum absolute atomic E-state index is 10.1. The van der Waals surface area contributed by atoms with E-state index >= 15 is 0 Å². The summed E-state index contributed by atoms with van der Waals surface area (Å²) in [6, 6.07) is 5.33. The van der Waals surface area contributed by atoms with E-state index in [4.69, 9.17) is 4.74 Å². The summed E-state index contributed by atoms with van der Waals surface area (Å²) in [5.74, 6) is 1.30. The molecule has 19 heavy (non-hydrogen) atoms. The van der Waals surface area contributed by atoms with Crippen LogP contribution >= 0.6 is 0 Å². The summed E-state index contributed by atoms with van der Waals surface area (Å²) in [5.41, 5.74) is 5.74. The van der Waals surface area contributed by atoms with E-state index in [1.165, 1.54) is 0 Å². The topological polar surface area (TPSA) is 49.7 Å². The minimum absolute atomic E-state index is 0.246. The van der Waals surface area contributed by atoms with E-state index in [0.717, 1.165) is 39.1 Å². The molecule has 0 spiro atoms. The molecule has 0 aromatic heterocycles. The zero-order chi connectivity index (χ0) is 13.7. The Bertz CT molecular complexity index is 687. The van der Waals surface area contributed by atoms with Crippen molar-refractivity contribution >= 4 is 0 Å². The smallest absolute Gasteiger partial charge is 0.134 e. The van der Waals surface area contributed by atoms with Crippen molar-refractivity contribution < 1.29 is 14.9 Å². The number of rotatable bonds is 0. The van der Waals surface area contributed by atoms with E-state index in [1.807, 2.05) is 26.8 Å². The van der Waals surface area contributed by atoms with Gasteiger partial charge in [0.1, 0.15) is 23.9 Å². The predicted molar refractivity (Wildman–Crippen MR) is 73.8 cm³/mol. The Labute approximate surface area is 112 Å². The van der Waals surface area contributed by atoms with Gasteiger partial charge in [-0.1, -0.05) is 6.07 Å². The zero-order valence-electron chi connectivity index (χ0n) is 11.2. The summed E-state index contributed by atoms with van der Waals surface area (Å²) < 4.78 is 5.78. The lowest BCUT2D eigenvalue weighted by Gasteiger charge is -2.26. The van der Waals surface area contributed by atoms with E-state index in [-0.39, 0.29) is 5.75 Å². The van der Waals surface area contributed by atoms with Crippen LogP contribution in [0.15, 0.2) is 18.2 Å². The van der Waals surface area contributed by atoms with Crippen LogP contribution in [0.4, 0.5) is 0 Å². The largest absolute Gasteiger partial charge is 0.508 e. The zero-order valence-corrected chi connectivity index (χ0v) is 11.2. The van der Waals surface area contributed by atoms with Crippen molar-refractivity contribution in [2.45, 2.75) is 27.4 Å². The Hall–Kier alpha value is -2.16. The first kappa shape index (κ1) is 11.9. The van der Waals surface area contributed by atoms with Gasteiger partial charge in [0.25, 0.3) is 0 Å². The molecule has 0 radical (unpaired) electrons. The number of phenols is 2. The lowest BCUT2D eigenvalue weighted by molar-refractivity contribution is 0.296. The molecule has 1 aliphatic heterocycles. The Morgan fingerprint density at radius 2 is 1.74 bits per heavy atom. The van der Waals surface area contributed by atoms with Crippen molar-refractivity contribution in [3.8, 4) is 28.4 Å². The van der Waals surface area contributed by atoms with Gasteiger partial charge in [0.05, 0.1) is 0 Å². The molecule has 98 valence electrons. The molecule has 0 fully saturated rings. The normalized spacial score (nSPS) is 12.6.